The topological polar surface area (TPSA) is 64.2 Å². The van der Waals surface area contributed by atoms with Crippen LogP contribution in [0.4, 0.5) is 8.78 Å². The Labute approximate surface area is 176 Å². The maximum atomic E-state index is 13.9. The average Bonchev–Trinajstić information content (AvgIpc) is 3.53. The van der Waals surface area contributed by atoms with Gasteiger partial charge < -0.3 is 9.80 Å². The molecule has 2 aliphatic heterocycles. The molecule has 4 rings (SSSR count). The first kappa shape index (κ1) is 21.6. The SMILES string of the molecule is O=C(CN1CCN(CC2CC2)CC1)N1CCN(S(=O)(=O)c2c(F)cccc2F)CC1. The van der Waals surface area contributed by atoms with Crippen molar-refractivity contribution in [1.82, 2.24) is 19.0 Å². The second kappa shape index (κ2) is 8.86. The van der Waals surface area contributed by atoms with E-state index in [1.807, 2.05) is 0 Å². The molecule has 2 heterocycles. The van der Waals surface area contributed by atoms with Crippen molar-refractivity contribution < 1.29 is 22.0 Å². The highest BCUT2D eigenvalue weighted by Crippen LogP contribution is 2.30. The zero-order valence-corrected chi connectivity index (χ0v) is 17.8. The number of piperazine rings is 2. The molecular weight excluding hydrogens is 414 g/mol. The fourth-order valence-electron chi connectivity index (χ4n) is 4.12. The number of hydrogen-bond acceptors (Lipinski definition) is 5. The van der Waals surface area contributed by atoms with E-state index in [-0.39, 0.29) is 32.1 Å². The minimum absolute atomic E-state index is 0.0248. The molecule has 166 valence electrons. The summed E-state index contributed by atoms with van der Waals surface area (Å²) in [4.78, 5) is 18.0. The third-order valence-electron chi connectivity index (χ3n) is 6.15. The quantitative estimate of drug-likeness (QED) is 0.653. The van der Waals surface area contributed by atoms with Crippen LogP contribution in [0.1, 0.15) is 12.8 Å². The van der Waals surface area contributed by atoms with Gasteiger partial charge in [-0.3, -0.25) is 9.69 Å². The van der Waals surface area contributed by atoms with Gasteiger partial charge in [0, 0.05) is 58.9 Å². The van der Waals surface area contributed by atoms with Crippen molar-refractivity contribution in [3.05, 3.63) is 29.8 Å². The van der Waals surface area contributed by atoms with Crippen LogP contribution in [0, 0.1) is 17.6 Å². The molecule has 0 aromatic heterocycles. The Hall–Kier alpha value is -1.62. The third kappa shape index (κ3) is 4.82. The molecule has 1 amide bonds. The summed E-state index contributed by atoms with van der Waals surface area (Å²) in [7, 11) is -4.28. The van der Waals surface area contributed by atoms with Crippen LogP contribution in [-0.4, -0.2) is 98.8 Å². The summed E-state index contributed by atoms with van der Waals surface area (Å²) in [6, 6.07) is 2.99. The summed E-state index contributed by atoms with van der Waals surface area (Å²) in [6.07, 6.45) is 2.67. The van der Waals surface area contributed by atoms with Crippen LogP contribution in [-0.2, 0) is 14.8 Å². The minimum atomic E-state index is -4.28. The van der Waals surface area contributed by atoms with Gasteiger partial charge in [0.1, 0.15) is 11.6 Å². The number of amides is 1. The van der Waals surface area contributed by atoms with Gasteiger partial charge in [0.25, 0.3) is 0 Å². The van der Waals surface area contributed by atoms with Crippen molar-refractivity contribution in [2.45, 2.75) is 17.7 Å². The van der Waals surface area contributed by atoms with Crippen molar-refractivity contribution in [2.24, 2.45) is 5.92 Å². The standard InChI is InChI=1S/C20H28F2N4O3S/c21-17-2-1-3-18(22)20(17)30(28,29)26-12-10-25(11-13-26)19(27)15-24-8-6-23(7-9-24)14-16-4-5-16/h1-3,16H,4-15H2. The number of benzene rings is 1. The summed E-state index contributed by atoms with van der Waals surface area (Å²) in [5.41, 5.74) is 0. The van der Waals surface area contributed by atoms with E-state index < -0.39 is 26.6 Å². The first-order valence-corrected chi connectivity index (χ1v) is 12.0. The van der Waals surface area contributed by atoms with Crippen LogP contribution < -0.4 is 0 Å². The molecule has 0 radical (unpaired) electrons. The lowest BCUT2D eigenvalue weighted by Crippen LogP contribution is -2.54. The minimum Gasteiger partial charge on any atom is -0.339 e. The van der Waals surface area contributed by atoms with Crippen molar-refractivity contribution in [2.75, 3.05) is 65.4 Å². The van der Waals surface area contributed by atoms with Gasteiger partial charge >= 0.3 is 0 Å². The first-order valence-electron chi connectivity index (χ1n) is 10.5. The Morgan fingerprint density at radius 2 is 1.47 bits per heavy atom. The summed E-state index contributed by atoms with van der Waals surface area (Å²) >= 11 is 0. The van der Waals surface area contributed by atoms with Gasteiger partial charge in [-0.2, -0.15) is 4.31 Å². The molecule has 0 spiro atoms. The van der Waals surface area contributed by atoms with Gasteiger partial charge in [0.15, 0.2) is 4.90 Å². The van der Waals surface area contributed by atoms with Gasteiger partial charge in [-0.15, -0.1) is 0 Å². The summed E-state index contributed by atoms with van der Waals surface area (Å²) in [5, 5.41) is 0. The van der Waals surface area contributed by atoms with Crippen LogP contribution in [0.25, 0.3) is 0 Å². The van der Waals surface area contributed by atoms with Crippen molar-refractivity contribution in [3.8, 4) is 0 Å². The molecule has 0 bridgehead atoms. The molecule has 1 aromatic rings. The molecular formula is C20H28F2N4O3S. The second-order valence-electron chi connectivity index (χ2n) is 8.36. The van der Waals surface area contributed by atoms with Crippen LogP contribution in [0.3, 0.4) is 0 Å². The molecule has 10 heteroatoms. The molecule has 0 N–H and O–H groups in total. The lowest BCUT2D eigenvalue weighted by atomic mass is 10.2. The normalized spacial score (nSPS) is 22.4. The molecule has 2 saturated heterocycles. The Balaban J connectivity index is 1.27. The highest BCUT2D eigenvalue weighted by molar-refractivity contribution is 7.89. The van der Waals surface area contributed by atoms with E-state index in [4.69, 9.17) is 0 Å². The molecule has 30 heavy (non-hydrogen) atoms. The Morgan fingerprint density at radius 3 is 2.03 bits per heavy atom. The molecule has 1 saturated carbocycles. The highest BCUT2D eigenvalue weighted by Gasteiger charge is 2.34. The zero-order valence-electron chi connectivity index (χ0n) is 17.0. The number of hydrogen-bond donors (Lipinski definition) is 0. The Kier molecular flexibility index (Phi) is 6.38. The smallest absolute Gasteiger partial charge is 0.249 e. The van der Waals surface area contributed by atoms with Crippen molar-refractivity contribution in [1.29, 1.82) is 0 Å². The number of carbonyl (C=O) groups is 1. The van der Waals surface area contributed by atoms with Crippen molar-refractivity contribution in [3.63, 3.8) is 0 Å². The lowest BCUT2D eigenvalue weighted by molar-refractivity contribution is -0.134. The molecule has 3 aliphatic rings. The molecule has 7 nitrogen and oxygen atoms in total. The van der Waals surface area contributed by atoms with Crippen LogP contribution in [0.2, 0.25) is 0 Å². The van der Waals surface area contributed by atoms with E-state index in [2.05, 4.69) is 9.80 Å². The van der Waals surface area contributed by atoms with E-state index >= 15 is 0 Å². The zero-order chi connectivity index (χ0) is 21.3. The third-order valence-corrected chi connectivity index (χ3v) is 8.10. The number of halogens is 2. The Bertz CT molecular complexity index is 858. The van der Waals surface area contributed by atoms with Gasteiger partial charge in [0.2, 0.25) is 15.9 Å². The fraction of sp³-hybridized carbons (Fsp3) is 0.650. The average molecular weight is 443 g/mol. The number of sulfonamides is 1. The molecule has 3 fully saturated rings. The maximum absolute atomic E-state index is 13.9. The molecule has 1 aliphatic carbocycles. The predicted octanol–water partition coefficient (Wildman–Crippen LogP) is 0.825. The van der Waals surface area contributed by atoms with Crippen molar-refractivity contribution >= 4 is 15.9 Å². The number of rotatable bonds is 6. The van der Waals surface area contributed by atoms with E-state index in [0.29, 0.717) is 6.54 Å². The first-order chi connectivity index (χ1) is 14.3. The summed E-state index contributed by atoms with van der Waals surface area (Å²) in [5.74, 6) is -1.37. The van der Waals surface area contributed by atoms with Crippen LogP contribution in [0.5, 0.6) is 0 Å². The van der Waals surface area contributed by atoms with Gasteiger partial charge in [-0.1, -0.05) is 6.07 Å². The lowest BCUT2D eigenvalue weighted by Gasteiger charge is -2.37. The van der Waals surface area contributed by atoms with E-state index in [1.54, 1.807) is 4.90 Å². The summed E-state index contributed by atoms with van der Waals surface area (Å²) in [6.45, 7) is 5.65. The molecule has 0 unspecified atom stereocenters. The second-order valence-corrected chi connectivity index (χ2v) is 10.2. The predicted molar refractivity (Wildman–Crippen MR) is 107 cm³/mol. The monoisotopic (exact) mass is 442 g/mol. The maximum Gasteiger partial charge on any atom is 0.249 e. The fourth-order valence-corrected chi connectivity index (χ4v) is 5.65. The van der Waals surface area contributed by atoms with Gasteiger partial charge in [0.05, 0.1) is 6.54 Å². The van der Waals surface area contributed by atoms with Gasteiger partial charge in [-0.25, -0.2) is 17.2 Å². The largest absolute Gasteiger partial charge is 0.339 e. The Morgan fingerprint density at radius 1 is 0.900 bits per heavy atom. The molecule has 0 atom stereocenters. The van der Waals surface area contributed by atoms with E-state index in [1.165, 1.54) is 19.4 Å². The number of nitrogens with zero attached hydrogens (tertiary/aromatic N) is 4. The van der Waals surface area contributed by atoms with Crippen LogP contribution in [0.15, 0.2) is 23.1 Å². The molecule has 1 aromatic carbocycles. The van der Waals surface area contributed by atoms with Gasteiger partial charge in [-0.05, 0) is 30.9 Å². The summed E-state index contributed by atoms with van der Waals surface area (Å²) < 4.78 is 54.3. The highest BCUT2D eigenvalue weighted by atomic mass is 32.2. The van der Waals surface area contributed by atoms with E-state index in [9.17, 15) is 22.0 Å². The number of carbonyl (C=O) groups excluding carboxylic acids is 1. The van der Waals surface area contributed by atoms with Crippen LogP contribution >= 0.6 is 0 Å². The van der Waals surface area contributed by atoms with E-state index in [0.717, 1.165) is 54.6 Å².